The molecule has 9 nitrogen and oxygen atoms in total. The van der Waals surface area contributed by atoms with Crippen LogP contribution in [0.2, 0.25) is 0 Å². The SMILES string of the molecule is O=c1[nH]cccc1Nc1ncc2[nH]c(=O)n([C@@H]3CCCNC3)c2n1. The lowest BCUT2D eigenvalue weighted by atomic mass is 10.1. The standard InChI is InChI=1S/C15H17N7O2/c23-13-10(4-2-6-17-13)19-14-18-8-11-12(21-14)22(15(24)20-11)9-3-1-5-16-7-9/h2,4,6,8-9,16H,1,3,5,7H2,(H,17,23)(H,20,24)(H,18,19,21)/t9-/m1/s1. The highest BCUT2D eigenvalue weighted by molar-refractivity contribution is 5.72. The molecule has 0 aromatic carbocycles. The summed E-state index contributed by atoms with van der Waals surface area (Å²) in [5, 5.41) is 6.19. The van der Waals surface area contributed by atoms with Gasteiger partial charge in [0.25, 0.3) is 5.56 Å². The first-order chi connectivity index (χ1) is 11.7. The largest absolute Gasteiger partial charge is 0.328 e. The van der Waals surface area contributed by atoms with Gasteiger partial charge in [-0.25, -0.2) is 9.78 Å². The number of aromatic nitrogens is 5. The smallest absolute Gasteiger partial charge is 0.327 e. The van der Waals surface area contributed by atoms with Crippen LogP contribution in [0.4, 0.5) is 11.6 Å². The molecule has 0 aliphatic carbocycles. The molecule has 1 atom stereocenters. The van der Waals surface area contributed by atoms with Crippen molar-refractivity contribution < 1.29 is 0 Å². The minimum absolute atomic E-state index is 0.0582. The van der Waals surface area contributed by atoms with Crippen molar-refractivity contribution in [2.75, 3.05) is 18.4 Å². The zero-order chi connectivity index (χ0) is 16.5. The highest BCUT2D eigenvalue weighted by Crippen LogP contribution is 2.20. The van der Waals surface area contributed by atoms with E-state index in [0.29, 0.717) is 16.9 Å². The number of rotatable bonds is 3. The highest BCUT2D eigenvalue weighted by Gasteiger charge is 2.21. The van der Waals surface area contributed by atoms with Crippen LogP contribution in [0.15, 0.2) is 34.1 Å². The van der Waals surface area contributed by atoms with Crippen molar-refractivity contribution in [3.05, 3.63) is 45.4 Å². The van der Waals surface area contributed by atoms with E-state index in [1.165, 1.54) is 0 Å². The van der Waals surface area contributed by atoms with Gasteiger partial charge in [0.2, 0.25) is 5.95 Å². The van der Waals surface area contributed by atoms with E-state index in [2.05, 4.69) is 30.6 Å². The molecule has 0 unspecified atom stereocenters. The minimum atomic E-state index is -0.260. The van der Waals surface area contributed by atoms with Crippen LogP contribution >= 0.6 is 0 Å². The van der Waals surface area contributed by atoms with Gasteiger partial charge in [-0.15, -0.1) is 0 Å². The van der Waals surface area contributed by atoms with E-state index in [0.717, 1.165) is 25.9 Å². The summed E-state index contributed by atoms with van der Waals surface area (Å²) in [5.74, 6) is 0.274. The summed E-state index contributed by atoms with van der Waals surface area (Å²) in [7, 11) is 0. The molecular formula is C15H17N7O2. The molecule has 0 radical (unpaired) electrons. The number of piperidine rings is 1. The van der Waals surface area contributed by atoms with Gasteiger partial charge in [0.1, 0.15) is 11.2 Å². The van der Waals surface area contributed by atoms with Gasteiger partial charge in [0.05, 0.1) is 12.2 Å². The molecule has 4 rings (SSSR count). The van der Waals surface area contributed by atoms with Gasteiger partial charge in [-0.3, -0.25) is 9.36 Å². The predicted octanol–water partition coefficient (Wildman–Crippen LogP) is 0.476. The van der Waals surface area contributed by atoms with Gasteiger partial charge in [-0.1, -0.05) is 0 Å². The Labute approximate surface area is 136 Å². The molecular weight excluding hydrogens is 310 g/mol. The number of nitrogens with zero attached hydrogens (tertiary/aromatic N) is 3. The first kappa shape index (κ1) is 14.6. The highest BCUT2D eigenvalue weighted by atomic mass is 16.1. The molecule has 9 heteroatoms. The van der Waals surface area contributed by atoms with Gasteiger partial charge in [0.15, 0.2) is 5.65 Å². The summed E-state index contributed by atoms with van der Waals surface area (Å²) in [6.07, 6.45) is 5.04. The van der Waals surface area contributed by atoms with E-state index >= 15 is 0 Å². The Morgan fingerprint density at radius 3 is 3.04 bits per heavy atom. The van der Waals surface area contributed by atoms with Crippen molar-refractivity contribution in [2.24, 2.45) is 0 Å². The number of imidazole rings is 1. The van der Waals surface area contributed by atoms with Crippen LogP contribution in [0.3, 0.4) is 0 Å². The third-order valence-electron chi connectivity index (χ3n) is 4.16. The van der Waals surface area contributed by atoms with E-state index in [1.54, 1.807) is 29.1 Å². The Hall–Kier alpha value is -2.94. The quantitative estimate of drug-likeness (QED) is 0.555. The van der Waals surface area contributed by atoms with E-state index in [-0.39, 0.29) is 23.2 Å². The van der Waals surface area contributed by atoms with E-state index in [4.69, 9.17) is 0 Å². The molecule has 1 aliphatic heterocycles. The van der Waals surface area contributed by atoms with Gasteiger partial charge in [-0.05, 0) is 31.5 Å². The second kappa shape index (κ2) is 5.93. The summed E-state index contributed by atoms with van der Waals surface area (Å²) < 4.78 is 1.67. The molecule has 0 bridgehead atoms. The second-order valence-electron chi connectivity index (χ2n) is 5.77. The molecule has 1 fully saturated rings. The first-order valence-electron chi connectivity index (χ1n) is 7.85. The van der Waals surface area contributed by atoms with Crippen LogP contribution in [0.5, 0.6) is 0 Å². The van der Waals surface area contributed by atoms with Crippen LogP contribution < -0.4 is 21.9 Å². The van der Waals surface area contributed by atoms with Gasteiger partial charge >= 0.3 is 5.69 Å². The molecule has 3 aromatic rings. The molecule has 1 saturated heterocycles. The maximum absolute atomic E-state index is 12.3. The van der Waals surface area contributed by atoms with Crippen molar-refractivity contribution in [2.45, 2.75) is 18.9 Å². The number of anilines is 2. The van der Waals surface area contributed by atoms with Crippen molar-refractivity contribution in [3.8, 4) is 0 Å². The third-order valence-corrected chi connectivity index (χ3v) is 4.16. The number of H-pyrrole nitrogens is 2. The number of pyridine rings is 1. The number of nitrogens with one attached hydrogen (secondary N) is 4. The van der Waals surface area contributed by atoms with Crippen LogP contribution in [0.1, 0.15) is 18.9 Å². The number of hydrogen-bond donors (Lipinski definition) is 4. The lowest BCUT2D eigenvalue weighted by Gasteiger charge is -2.23. The fraction of sp³-hybridized carbons (Fsp3) is 0.333. The normalized spacial score (nSPS) is 17.9. The van der Waals surface area contributed by atoms with Crippen molar-refractivity contribution in [3.63, 3.8) is 0 Å². The van der Waals surface area contributed by atoms with Crippen LogP contribution in [-0.2, 0) is 0 Å². The lowest BCUT2D eigenvalue weighted by molar-refractivity contribution is 0.370. The zero-order valence-electron chi connectivity index (χ0n) is 12.9. The summed E-state index contributed by atoms with van der Waals surface area (Å²) in [5.41, 5.74) is 1.02. The average molecular weight is 327 g/mol. The number of aromatic amines is 2. The fourth-order valence-corrected chi connectivity index (χ4v) is 3.01. The monoisotopic (exact) mass is 327 g/mol. The summed E-state index contributed by atoms with van der Waals surface area (Å²) >= 11 is 0. The number of hydrogen-bond acceptors (Lipinski definition) is 6. The molecule has 1 aliphatic rings. The molecule has 0 spiro atoms. The maximum atomic E-state index is 12.3. The molecule has 3 aromatic heterocycles. The van der Waals surface area contributed by atoms with Gasteiger partial charge in [0, 0.05) is 12.7 Å². The van der Waals surface area contributed by atoms with Gasteiger partial charge in [-0.2, -0.15) is 4.98 Å². The van der Waals surface area contributed by atoms with Gasteiger partial charge < -0.3 is 20.6 Å². The Morgan fingerprint density at radius 1 is 1.33 bits per heavy atom. The van der Waals surface area contributed by atoms with E-state index in [1.807, 2.05) is 0 Å². The maximum Gasteiger partial charge on any atom is 0.328 e. The topological polar surface area (TPSA) is 120 Å². The predicted molar refractivity (Wildman–Crippen MR) is 89.6 cm³/mol. The van der Waals surface area contributed by atoms with Crippen molar-refractivity contribution in [1.82, 2.24) is 29.8 Å². The Bertz CT molecular complexity index is 981. The lowest BCUT2D eigenvalue weighted by Crippen LogP contribution is -2.35. The summed E-state index contributed by atoms with van der Waals surface area (Å²) in [6.45, 7) is 1.70. The van der Waals surface area contributed by atoms with Crippen LogP contribution in [0.25, 0.3) is 11.2 Å². The van der Waals surface area contributed by atoms with Crippen molar-refractivity contribution in [1.29, 1.82) is 0 Å². The zero-order valence-corrected chi connectivity index (χ0v) is 12.9. The molecule has 4 N–H and O–H groups in total. The van der Waals surface area contributed by atoms with Crippen LogP contribution in [-0.4, -0.2) is 37.6 Å². The molecule has 4 heterocycles. The minimum Gasteiger partial charge on any atom is -0.327 e. The van der Waals surface area contributed by atoms with E-state index < -0.39 is 0 Å². The molecule has 0 amide bonds. The Morgan fingerprint density at radius 2 is 2.25 bits per heavy atom. The van der Waals surface area contributed by atoms with E-state index in [9.17, 15) is 9.59 Å². The van der Waals surface area contributed by atoms with Crippen LogP contribution in [0, 0.1) is 0 Å². The third kappa shape index (κ3) is 2.58. The Kier molecular flexibility index (Phi) is 3.62. The van der Waals surface area contributed by atoms with Crippen molar-refractivity contribution >= 4 is 22.8 Å². The molecule has 124 valence electrons. The number of fused-ring (bicyclic) bond motifs is 1. The molecule has 0 saturated carbocycles. The average Bonchev–Trinajstić information content (AvgIpc) is 2.93. The molecule has 24 heavy (non-hydrogen) atoms. The Balaban J connectivity index is 1.75. The summed E-state index contributed by atoms with van der Waals surface area (Å²) in [6, 6.07) is 3.41. The summed E-state index contributed by atoms with van der Waals surface area (Å²) in [4.78, 5) is 38.0. The second-order valence-corrected chi connectivity index (χ2v) is 5.77. The first-order valence-corrected chi connectivity index (χ1v) is 7.85. The fourth-order valence-electron chi connectivity index (χ4n) is 3.01.